The molecule has 0 aliphatic heterocycles. The van der Waals surface area contributed by atoms with Crippen molar-refractivity contribution in [1.29, 1.82) is 0 Å². The normalized spacial score (nSPS) is 12.5. The van der Waals surface area contributed by atoms with Gasteiger partial charge in [0.1, 0.15) is 41.8 Å². The fourth-order valence-electron chi connectivity index (χ4n) is 5.13. The Morgan fingerprint density at radius 3 is 2.33 bits per heavy atom. The first-order valence-electron chi connectivity index (χ1n) is 15.4. The number of carbonyl (C=O) groups excluding carboxylic acids is 1. The summed E-state index contributed by atoms with van der Waals surface area (Å²) in [4.78, 5) is 19.0. The zero-order chi connectivity index (χ0) is 35.8. The molecule has 6 rings (SSSR count). The van der Waals surface area contributed by atoms with E-state index in [9.17, 15) is 18.7 Å². The molecule has 0 aliphatic carbocycles. The highest BCUT2D eigenvalue weighted by Crippen LogP contribution is 2.46. The van der Waals surface area contributed by atoms with Crippen LogP contribution in [0.2, 0.25) is 0 Å². The molecule has 0 radical (unpaired) electrons. The Morgan fingerprint density at radius 2 is 1.65 bits per heavy atom. The van der Waals surface area contributed by atoms with Crippen LogP contribution in [0.1, 0.15) is 39.3 Å². The molecule has 1 atom stereocenters. The number of benzene rings is 3. The number of rotatable bonds is 13. The van der Waals surface area contributed by atoms with Crippen molar-refractivity contribution in [2.24, 2.45) is 0 Å². The first-order valence-corrected chi connectivity index (χ1v) is 15.4. The molecule has 0 saturated heterocycles. The standard InChI is InChI=1S/C36H28F4N8O3/c37-29-10-13-31(32(38)17-29)35(50,22-48-23-44-45-46-48)36(39,40)33-14-9-27(19-43-33)2-1-25-7-11-30(12-8-25)51-21-28-5-3-26(4-6-28)18-41-20-34-42-15-16-47(34)24-49/h3-17,19,23-24,41,50H,18,20-22H2. The maximum atomic E-state index is 16.0. The van der Waals surface area contributed by atoms with Crippen LogP contribution in [-0.4, -0.2) is 46.3 Å². The van der Waals surface area contributed by atoms with E-state index in [1.807, 2.05) is 24.3 Å². The topological polar surface area (TPSA) is 133 Å². The second-order valence-electron chi connectivity index (χ2n) is 11.3. The van der Waals surface area contributed by atoms with Gasteiger partial charge in [0.05, 0.1) is 13.1 Å². The minimum Gasteiger partial charge on any atom is -0.489 e. The van der Waals surface area contributed by atoms with Crippen LogP contribution in [0.25, 0.3) is 0 Å². The van der Waals surface area contributed by atoms with Crippen molar-refractivity contribution < 1.29 is 32.2 Å². The molecule has 51 heavy (non-hydrogen) atoms. The van der Waals surface area contributed by atoms with Gasteiger partial charge in [-0.3, -0.25) is 14.3 Å². The van der Waals surface area contributed by atoms with Crippen molar-refractivity contribution >= 4 is 6.41 Å². The van der Waals surface area contributed by atoms with Gasteiger partial charge >= 0.3 is 5.92 Å². The quantitative estimate of drug-likeness (QED) is 0.102. The van der Waals surface area contributed by atoms with E-state index in [0.717, 1.165) is 46.5 Å². The van der Waals surface area contributed by atoms with Crippen LogP contribution in [0.15, 0.2) is 104 Å². The van der Waals surface area contributed by atoms with Gasteiger partial charge < -0.3 is 15.2 Å². The highest BCUT2D eigenvalue weighted by molar-refractivity contribution is 5.52. The Labute approximate surface area is 288 Å². The lowest BCUT2D eigenvalue weighted by Crippen LogP contribution is -2.48. The van der Waals surface area contributed by atoms with E-state index in [0.29, 0.717) is 54.9 Å². The van der Waals surface area contributed by atoms with Crippen LogP contribution in [0.3, 0.4) is 0 Å². The Hall–Kier alpha value is -6.24. The van der Waals surface area contributed by atoms with Crippen molar-refractivity contribution in [3.05, 3.63) is 155 Å². The zero-order valence-corrected chi connectivity index (χ0v) is 26.6. The van der Waals surface area contributed by atoms with Crippen molar-refractivity contribution in [2.75, 3.05) is 0 Å². The Balaban J connectivity index is 1.06. The average Bonchev–Trinajstić information content (AvgIpc) is 3.83. The predicted octanol–water partition coefficient (Wildman–Crippen LogP) is 4.53. The third-order valence-electron chi connectivity index (χ3n) is 7.87. The second kappa shape index (κ2) is 15.1. The fourth-order valence-corrected chi connectivity index (χ4v) is 5.13. The summed E-state index contributed by atoms with van der Waals surface area (Å²) >= 11 is 0. The molecule has 0 amide bonds. The summed E-state index contributed by atoms with van der Waals surface area (Å²) in [6, 6.07) is 19.1. The predicted molar refractivity (Wildman–Crippen MR) is 174 cm³/mol. The molecular weight excluding hydrogens is 668 g/mol. The number of alkyl halides is 2. The highest BCUT2D eigenvalue weighted by Gasteiger charge is 2.58. The Morgan fingerprint density at radius 1 is 0.902 bits per heavy atom. The fraction of sp³-hybridized carbons (Fsp3) is 0.167. The van der Waals surface area contributed by atoms with Gasteiger partial charge in [-0.1, -0.05) is 36.1 Å². The van der Waals surface area contributed by atoms with Crippen LogP contribution in [0, 0.1) is 23.5 Å². The maximum absolute atomic E-state index is 16.0. The molecular formula is C36H28F4N8O3. The smallest absolute Gasteiger partial charge is 0.323 e. The van der Waals surface area contributed by atoms with Gasteiger partial charge in [-0.05, 0) is 70.1 Å². The third kappa shape index (κ3) is 7.99. The first-order chi connectivity index (χ1) is 24.6. The Bertz CT molecular complexity index is 2150. The number of pyridine rings is 1. The van der Waals surface area contributed by atoms with Crippen LogP contribution < -0.4 is 10.1 Å². The molecule has 258 valence electrons. The summed E-state index contributed by atoms with van der Waals surface area (Å²) in [5, 5.41) is 24.8. The number of aromatic nitrogens is 7. The molecule has 15 heteroatoms. The lowest BCUT2D eigenvalue weighted by molar-refractivity contribution is -0.207. The third-order valence-corrected chi connectivity index (χ3v) is 7.87. The number of imidazole rings is 1. The number of aliphatic hydroxyl groups is 1. The van der Waals surface area contributed by atoms with Crippen molar-refractivity contribution in [1.82, 2.24) is 40.1 Å². The average molecular weight is 697 g/mol. The van der Waals surface area contributed by atoms with Crippen molar-refractivity contribution in [3.63, 3.8) is 0 Å². The molecule has 1 unspecified atom stereocenters. The summed E-state index contributed by atoms with van der Waals surface area (Å²) < 4.78 is 68.4. The number of hydrogen-bond donors (Lipinski definition) is 2. The molecule has 0 saturated carbocycles. The number of tetrazole rings is 1. The number of nitrogens with zero attached hydrogens (tertiary/aromatic N) is 7. The van der Waals surface area contributed by atoms with Gasteiger partial charge in [0.2, 0.25) is 6.41 Å². The SMILES string of the molecule is O=Cn1ccnc1CNCc1ccc(COc2ccc(C#Cc3ccc(C(F)(F)C(O)(Cn4cnnn4)c4ccc(F)cc4F)nc3)cc2)cc1. The molecule has 6 aromatic rings. The monoisotopic (exact) mass is 696 g/mol. The minimum atomic E-state index is -4.18. The molecule has 0 bridgehead atoms. The number of carbonyl (C=O) groups is 1. The lowest BCUT2D eigenvalue weighted by atomic mass is 9.84. The maximum Gasteiger partial charge on any atom is 0.323 e. The molecule has 0 fully saturated rings. The second-order valence-corrected chi connectivity index (χ2v) is 11.3. The van der Waals surface area contributed by atoms with E-state index in [2.05, 4.69) is 42.7 Å². The molecule has 2 N–H and O–H groups in total. The Kier molecular flexibility index (Phi) is 10.3. The van der Waals surface area contributed by atoms with Gasteiger partial charge in [-0.2, -0.15) is 8.78 Å². The van der Waals surface area contributed by atoms with Crippen LogP contribution in [0.4, 0.5) is 17.6 Å². The lowest BCUT2D eigenvalue weighted by Gasteiger charge is -2.35. The number of nitrogens with one attached hydrogen (secondary N) is 1. The van der Waals surface area contributed by atoms with E-state index in [4.69, 9.17) is 4.74 Å². The van der Waals surface area contributed by atoms with Gasteiger partial charge in [0.25, 0.3) is 0 Å². The molecule has 3 heterocycles. The molecule has 11 nitrogen and oxygen atoms in total. The van der Waals surface area contributed by atoms with Crippen LogP contribution in [-0.2, 0) is 42.6 Å². The number of ether oxygens (including phenoxy) is 1. The van der Waals surface area contributed by atoms with Gasteiger partial charge in [-0.15, -0.1) is 5.10 Å². The van der Waals surface area contributed by atoms with E-state index < -0.39 is 41.0 Å². The van der Waals surface area contributed by atoms with Gasteiger partial charge in [-0.25, -0.2) is 18.4 Å². The number of halogens is 4. The zero-order valence-electron chi connectivity index (χ0n) is 26.6. The summed E-state index contributed by atoms with van der Waals surface area (Å²) in [5.41, 5.74) is -2.01. The molecule has 0 spiro atoms. The van der Waals surface area contributed by atoms with Gasteiger partial charge in [0.15, 0.2) is 5.60 Å². The highest BCUT2D eigenvalue weighted by atomic mass is 19.3. The van der Waals surface area contributed by atoms with E-state index in [1.165, 1.54) is 10.6 Å². The summed E-state index contributed by atoms with van der Waals surface area (Å²) in [7, 11) is 0. The van der Waals surface area contributed by atoms with Crippen molar-refractivity contribution in [3.8, 4) is 17.6 Å². The minimum absolute atomic E-state index is 0.303. The van der Waals surface area contributed by atoms with Crippen LogP contribution >= 0.6 is 0 Å². The molecule has 3 aromatic heterocycles. The first kappa shape index (κ1) is 34.6. The summed E-state index contributed by atoms with van der Waals surface area (Å²) in [5.74, 6) is 0.494. The summed E-state index contributed by atoms with van der Waals surface area (Å²) in [6.07, 6.45) is 5.97. The van der Waals surface area contributed by atoms with Crippen molar-refractivity contribution in [2.45, 2.75) is 37.8 Å². The number of hydrogen-bond acceptors (Lipinski definition) is 9. The summed E-state index contributed by atoms with van der Waals surface area (Å²) in [6.45, 7) is 0.449. The van der Waals surface area contributed by atoms with E-state index in [1.54, 1.807) is 36.7 Å². The molecule has 3 aromatic carbocycles. The largest absolute Gasteiger partial charge is 0.489 e. The van der Waals surface area contributed by atoms with E-state index in [-0.39, 0.29) is 0 Å². The van der Waals surface area contributed by atoms with Gasteiger partial charge in [0, 0.05) is 47.9 Å². The molecule has 0 aliphatic rings. The van der Waals surface area contributed by atoms with Crippen LogP contribution in [0.5, 0.6) is 5.75 Å². The van der Waals surface area contributed by atoms with E-state index >= 15 is 8.78 Å².